The van der Waals surface area contributed by atoms with Crippen LogP contribution < -0.4 is 5.32 Å². The summed E-state index contributed by atoms with van der Waals surface area (Å²) in [6.45, 7) is 0.735. The first kappa shape index (κ1) is 15.0. The van der Waals surface area contributed by atoms with E-state index in [4.69, 9.17) is 0 Å². The van der Waals surface area contributed by atoms with Crippen LogP contribution in [0.2, 0.25) is 0 Å². The number of nitrogens with zero attached hydrogens (tertiary/aromatic N) is 2. The summed E-state index contributed by atoms with van der Waals surface area (Å²) in [6.07, 6.45) is 4.39. The summed E-state index contributed by atoms with van der Waals surface area (Å²) in [6, 6.07) is 13.3. The van der Waals surface area contributed by atoms with Gasteiger partial charge in [0.05, 0.1) is 6.04 Å². The van der Waals surface area contributed by atoms with Crippen LogP contribution >= 0.6 is 0 Å². The normalized spacial score (nSPS) is 24.0. The maximum absolute atomic E-state index is 12.7. The van der Waals surface area contributed by atoms with Gasteiger partial charge in [0, 0.05) is 29.9 Å². The van der Waals surface area contributed by atoms with E-state index in [2.05, 4.69) is 10.3 Å². The molecule has 2 aliphatic heterocycles. The van der Waals surface area contributed by atoms with Gasteiger partial charge in [-0.1, -0.05) is 36.4 Å². The van der Waals surface area contributed by atoms with E-state index in [0.29, 0.717) is 0 Å². The monoisotopic (exact) mass is 321 g/mol. The van der Waals surface area contributed by atoms with E-state index in [1.807, 2.05) is 53.6 Å². The molecule has 0 bridgehead atoms. The van der Waals surface area contributed by atoms with Gasteiger partial charge in [-0.05, 0) is 24.3 Å². The van der Waals surface area contributed by atoms with Crippen molar-refractivity contribution in [1.82, 2.24) is 4.90 Å². The number of fused-ring (bicyclic) bond motifs is 2. The minimum Gasteiger partial charge on any atom is -0.324 e. The van der Waals surface area contributed by atoms with Crippen molar-refractivity contribution in [2.75, 3.05) is 11.9 Å². The van der Waals surface area contributed by atoms with Crippen molar-refractivity contribution in [1.29, 1.82) is 0 Å². The topological polar surface area (TPSA) is 61.8 Å². The van der Waals surface area contributed by atoms with Crippen LogP contribution in [-0.4, -0.2) is 48.0 Å². The number of carbonyl (C=O) groups is 2. The molecule has 0 aromatic heterocycles. The van der Waals surface area contributed by atoms with Crippen LogP contribution in [-0.2, 0) is 9.59 Å². The summed E-state index contributed by atoms with van der Waals surface area (Å²) < 4.78 is 0. The number of hydrogen-bond acceptors (Lipinski definition) is 4. The van der Waals surface area contributed by atoms with E-state index in [1.165, 1.54) is 0 Å². The molecule has 24 heavy (non-hydrogen) atoms. The van der Waals surface area contributed by atoms with Crippen molar-refractivity contribution < 1.29 is 9.59 Å². The van der Waals surface area contributed by atoms with Gasteiger partial charge in [-0.2, -0.15) is 0 Å². The molecule has 1 saturated heterocycles. The van der Waals surface area contributed by atoms with Crippen LogP contribution in [0.5, 0.6) is 0 Å². The molecule has 2 heterocycles. The predicted octanol–water partition coefficient (Wildman–Crippen LogP) is 2.26. The van der Waals surface area contributed by atoms with Crippen LogP contribution in [0.15, 0.2) is 47.5 Å². The Hall–Kier alpha value is -2.53. The average molecular weight is 321 g/mol. The number of aldehydes is 1. The highest BCUT2D eigenvalue weighted by Gasteiger charge is 2.41. The summed E-state index contributed by atoms with van der Waals surface area (Å²) in [5.74, 6) is -0.270. The van der Waals surface area contributed by atoms with Gasteiger partial charge in [-0.3, -0.25) is 14.7 Å². The van der Waals surface area contributed by atoms with Crippen LogP contribution in [0.3, 0.4) is 0 Å². The molecule has 5 nitrogen and oxygen atoms in total. The molecule has 3 atom stereocenters. The predicted molar refractivity (Wildman–Crippen MR) is 94.4 cm³/mol. The molecular weight excluding hydrogens is 302 g/mol. The Bertz CT molecular complexity index is 812. The molecule has 122 valence electrons. The second kappa shape index (κ2) is 6.17. The summed E-state index contributed by atoms with van der Waals surface area (Å²) in [5.41, 5.74) is 0.739. The van der Waals surface area contributed by atoms with Gasteiger partial charge in [0.1, 0.15) is 12.3 Å². The Morgan fingerprint density at radius 3 is 2.96 bits per heavy atom. The molecule has 0 aliphatic carbocycles. The van der Waals surface area contributed by atoms with Crippen LogP contribution in [0.25, 0.3) is 10.8 Å². The van der Waals surface area contributed by atoms with Gasteiger partial charge in [0.15, 0.2) is 0 Å². The molecule has 2 aromatic carbocycles. The van der Waals surface area contributed by atoms with Gasteiger partial charge in [-0.25, -0.2) is 0 Å². The van der Waals surface area contributed by atoms with Crippen molar-refractivity contribution >= 4 is 34.9 Å². The van der Waals surface area contributed by atoms with Gasteiger partial charge >= 0.3 is 0 Å². The molecule has 0 saturated carbocycles. The fourth-order valence-corrected chi connectivity index (χ4v) is 3.81. The van der Waals surface area contributed by atoms with E-state index in [-0.39, 0.29) is 18.0 Å². The van der Waals surface area contributed by atoms with Gasteiger partial charge in [0.2, 0.25) is 5.91 Å². The first-order valence-corrected chi connectivity index (χ1v) is 8.29. The van der Waals surface area contributed by atoms with Crippen molar-refractivity contribution in [2.45, 2.75) is 31.0 Å². The third kappa shape index (κ3) is 2.51. The number of hydrogen-bond donors (Lipinski definition) is 1. The Morgan fingerprint density at radius 1 is 1.25 bits per heavy atom. The van der Waals surface area contributed by atoms with Gasteiger partial charge < -0.3 is 10.1 Å². The highest BCUT2D eigenvalue weighted by Crippen LogP contribution is 2.29. The molecule has 3 unspecified atom stereocenters. The van der Waals surface area contributed by atoms with Crippen molar-refractivity contribution in [2.24, 2.45) is 4.99 Å². The van der Waals surface area contributed by atoms with E-state index in [0.717, 1.165) is 42.1 Å². The van der Waals surface area contributed by atoms with Crippen LogP contribution in [0.4, 0.5) is 5.69 Å². The van der Waals surface area contributed by atoms with E-state index < -0.39 is 6.04 Å². The van der Waals surface area contributed by atoms with Gasteiger partial charge in [0.25, 0.3) is 0 Å². The first-order valence-electron chi connectivity index (χ1n) is 8.29. The highest BCUT2D eigenvalue weighted by atomic mass is 16.2. The number of nitrogens with one attached hydrogen (secondary N) is 1. The quantitative estimate of drug-likeness (QED) is 0.694. The van der Waals surface area contributed by atoms with E-state index >= 15 is 0 Å². The summed E-state index contributed by atoms with van der Waals surface area (Å²) in [4.78, 5) is 30.8. The molecule has 4 rings (SSSR count). The third-order valence-electron chi connectivity index (χ3n) is 5.00. The summed E-state index contributed by atoms with van der Waals surface area (Å²) in [5, 5.41) is 4.97. The molecule has 1 amide bonds. The Balaban J connectivity index is 1.57. The Morgan fingerprint density at radius 2 is 2.08 bits per heavy atom. The van der Waals surface area contributed by atoms with Crippen LogP contribution in [0, 0.1) is 0 Å². The zero-order valence-corrected chi connectivity index (χ0v) is 13.3. The number of rotatable bonds is 4. The van der Waals surface area contributed by atoms with Crippen molar-refractivity contribution in [3.8, 4) is 0 Å². The highest BCUT2D eigenvalue weighted by molar-refractivity contribution is 6.08. The number of anilines is 1. The summed E-state index contributed by atoms with van der Waals surface area (Å²) in [7, 11) is 0. The lowest BCUT2D eigenvalue weighted by molar-refractivity contribution is -0.127. The second-order valence-corrected chi connectivity index (χ2v) is 6.33. The van der Waals surface area contributed by atoms with E-state index in [1.54, 1.807) is 0 Å². The zero-order chi connectivity index (χ0) is 16.5. The van der Waals surface area contributed by atoms with Gasteiger partial charge in [-0.15, -0.1) is 0 Å². The SMILES string of the molecule is O=CC(C(=O)Nc1cccc2ccccc12)N1CCC2N=CCC21. The van der Waals surface area contributed by atoms with E-state index in [9.17, 15) is 9.59 Å². The largest absolute Gasteiger partial charge is 0.324 e. The lowest BCUT2D eigenvalue weighted by Gasteiger charge is -2.27. The molecule has 2 aromatic rings. The molecule has 1 fully saturated rings. The van der Waals surface area contributed by atoms with Crippen LogP contribution in [0.1, 0.15) is 12.8 Å². The molecule has 0 radical (unpaired) electrons. The number of likely N-dealkylation sites (tertiary alicyclic amines) is 1. The lowest BCUT2D eigenvalue weighted by Crippen LogP contribution is -2.48. The molecule has 2 aliphatic rings. The Kier molecular flexibility index (Phi) is 3.86. The smallest absolute Gasteiger partial charge is 0.249 e. The summed E-state index contributed by atoms with van der Waals surface area (Å²) >= 11 is 0. The molecule has 1 N–H and O–H groups in total. The van der Waals surface area contributed by atoms with Crippen molar-refractivity contribution in [3.05, 3.63) is 42.5 Å². The molecule has 0 spiro atoms. The molecule has 5 heteroatoms. The lowest BCUT2D eigenvalue weighted by atomic mass is 10.1. The minimum absolute atomic E-state index is 0.179. The third-order valence-corrected chi connectivity index (χ3v) is 5.00. The van der Waals surface area contributed by atoms with Crippen molar-refractivity contribution in [3.63, 3.8) is 0 Å². The fourth-order valence-electron chi connectivity index (χ4n) is 3.81. The fraction of sp³-hybridized carbons (Fsp3) is 0.316. The second-order valence-electron chi connectivity index (χ2n) is 6.33. The maximum Gasteiger partial charge on any atom is 0.249 e. The standard InChI is InChI=1S/C19H19N3O2/c23-12-18(22-11-9-16-17(22)8-10-20-16)19(24)21-15-7-3-5-13-4-1-2-6-14(13)15/h1-7,10,12,16-18H,8-9,11H2,(H,21,24). The Labute approximate surface area is 140 Å². The number of carbonyl (C=O) groups excluding carboxylic acids is 2. The number of aliphatic imine (C=N–C) groups is 1. The number of benzene rings is 2. The number of amides is 1. The minimum atomic E-state index is -0.763. The first-order chi connectivity index (χ1) is 11.8. The zero-order valence-electron chi connectivity index (χ0n) is 13.3. The maximum atomic E-state index is 12.7. The molecular formula is C19H19N3O2. The average Bonchev–Trinajstić information content (AvgIpc) is 3.21.